The maximum Gasteiger partial charge on any atom is 0.265 e. The third-order valence-electron chi connectivity index (χ3n) is 2.54. The van der Waals surface area contributed by atoms with Gasteiger partial charge < -0.3 is 5.11 Å². The molecule has 1 N–H and O–H groups in total. The van der Waals surface area contributed by atoms with Crippen LogP contribution < -0.4 is 0 Å². The second kappa shape index (κ2) is 4.50. The predicted octanol–water partition coefficient (Wildman–Crippen LogP) is 2.53. The van der Waals surface area contributed by atoms with Crippen LogP contribution in [0.1, 0.15) is 11.1 Å². The van der Waals surface area contributed by atoms with Gasteiger partial charge in [-0.3, -0.25) is 9.69 Å². The zero-order valence-corrected chi connectivity index (χ0v) is 11.1. The first-order valence-electron chi connectivity index (χ1n) is 5.01. The highest BCUT2D eigenvalue weighted by Gasteiger charge is 2.28. The van der Waals surface area contributed by atoms with E-state index >= 15 is 0 Å². The van der Waals surface area contributed by atoms with Gasteiger partial charge >= 0.3 is 0 Å². The molecule has 0 unspecified atom stereocenters. The summed E-state index contributed by atoms with van der Waals surface area (Å²) in [5.74, 6) is 0.0785. The number of phenolic OH excluding ortho intramolecular Hbond substituents is 1. The Morgan fingerprint density at radius 2 is 2.18 bits per heavy atom. The molecule has 17 heavy (non-hydrogen) atoms. The van der Waals surface area contributed by atoms with Crippen LogP contribution in [0.4, 0.5) is 0 Å². The molecule has 1 fully saturated rings. The molecule has 5 heteroatoms. The fourth-order valence-corrected chi connectivity index (χ4v) is 2.66. The Labute approximate surface area is 109 Å². The molecular formula is C12H11NO2S2. The maximum atomic E-state index is 11.8. The van der Waals surface area contributed by atoms with Crippen molar-refractivity contribution >= 4 is 40.3 Å². The summed E-state index contributed by atoms with van der Waals surface area (Å²) >= 11 is 6.28. The highest BCUT2D eigenvalue weighted by atomic mass is 32.2. The number of thioether (sulfide) groups is 1. The molecule has 0 aliphatic carbocycles. The summed E-state index contributed by atoms with van der Waals surface area (Å²) in [5.41, 5.74) is 1.42. The van der Waals surface area contributed by atoms with Gasteiger partial charge in [0.1, 0.15) is 10.1 Å². The van der Waals surface area contributed by atoms with E-state index in [2.05, 4.69) is 0 Å². The quantitative estimate of drug-likeness (QED) is 0.626. The largest absolute Gasteiger partial charge is 0.507 e. The fraction of sp³-hybridized carbons (Fsp3) is 0.167. The van der Waals surface area contributed by atoms with Crippen LogP contribution in [0.5, 0.6) is 5.75 Å². The average molecular weight is 265 g/mol. The summed E-state index contributed by atoms with van der Waals surface area (Å²) in [6, 6.07) is 5.43. The standard InChI is InChI=1S/C12H11NO2S2/c1-7-4-3-5-8(10(7)14)6-9-11(15)13(2)12(16)17-9/h3-6,14H,1-2H3/b9-6-. The number of likely N-dealkylation sites (N-methyl/N-ethyl adjacent to an activating group) is 1. The molecule has 0 atom stereocenters. The first-order chi connectivity index (χ1) is 8.00. The van der Waals surface area contributed by atoms with Crippen molar-refractivity contribution in [2.45, 2.75) is 6.92 Å². The smallest absolute Gasteiger partial charge is 0.265 e. The minimum Gasteiger partial charge on any atom is -0.507 e. The van der Waals surface area contributed by atoms with Crippen LogP contribution in [0.3, 0.4) is 0 Å². The van der Waals surface area contributed by atoms with Gasteiger partial charge in [-0.1, -0.05) is 42.2 Å². The first kappa shape index (κ1) is 12.1. The van der Waals surface area contributed by atoms with Crippen molar-refractivity contribution < 1.29 is 9.90 Å². The fourth-order valence-electron chi connectivity index (χ4n) is 1.48. The molecule has 1 aliphatic rings. The minimum atomic E-state index is -0.124. The van der Waals surface area contributed by atoms with E-state index in [1.807, 2.05) is 19.1 Å². The summed E-state index contributed by atoms with van der Waals surface area (Å²) in [4.78, 5) is 13.8. The zero-order chi connectivity index (χ0) is 12.6. The summed E-state index contributed by atoms with van der Waals surface area (Å²) in [5, 5.41) is 9.86. The van der Waals surface area contributed by atoms with Gasteiger partial charge in [0.25, 0.3) is 5.91 Å². The van der Waals surface area contributed by atoms with Gasteiger partial charge in [0.05, 0.1) is 4.91 Å². The molecule has 1 aromatic carbocycles. The molecule has 2 rings (SSSR count). The Morgan fingerprint density at radius 3 is 2.76 bits per heavy atom. The Bertz CT molecular complexity index is 537. The van der Waals surface area contributed by atoms with E-state index in [-0.39, 0.29) is 11.7 Å². The van der Waals surface area contributed by atoms with Gasteiger partial charge in [0.2, 0.25) is 0 Å². The number of aryl methyl sites for hydroxylation is 1. The number of benzene rings is 1. The van der Waals surface area contributed by atoms with E-state index in [9.17, 15) is 9.90 Å². The third kappa shape index (κ3) is 2.21. The number of rotatable bonds is 1. The molecule has 0 saturated carbocycles. The SMILES string of the molecule is Cc1cccc(/C=C2\SC(=S)N(C)C2=O)c1O. The van der Waals surface area contributed by atoms with Crippen molar-refractivity contribution in [3.8, 4) is 5.75 Å². The van der Waals surface area contributed by atoms with E-state index in [1.54, 1.807) is 19.2 Å². The molecule has 1 aromatic rings. The van der Waals surface area contributed by atoms with Gasteiger partial charge in [-0.25, -0.2) is 0 Å². The second-order valence-corrected chi connectivity index (χ2v) is 5.43. The minimum absolute atomic E-state index is 0.124. The Balaban J connectivity index is 2.41. The average Bonchev–Trinajstić information content (AvgIpc) is 2.53. The van der Waals surface area contributed by atoms with Crippen molar-refractivity contribution in [2.75, 3.05) is 7.05 Å². The highest BCUT2D eigenvalue weighted by molar-refractivity contribution is 8.26. The maximum absolute atomic E-state index is 11.8. The molecule has 0 spiro atoms. The summed E-state index contributed by atoms with van der Waals surface area (Å²) in [6.07, 6.45) is 1.67. The molecule has 88 valence electrons. The summed E-state index contributed by atoms with van der Waals surface area (Å²) in [7, 11) is 1.65. The van der Waals surface area contributed by atoms with Crippen LogP contribution >= 0.6 is 24.0 Å². The van der Waals surface area contributed by atoms with E-state index in [1.165, 1.54) is 16.7 Å². The normalized spacial score (nSPS) is 18.2. The number of carbonyl (C=O) groups excluding carboxylic acids is 1. The molecule has 1 amide bonds. The van der Waals surface area contributed by atoms with Crippen LogP contribution in [0.2, 0.25) is 0 Å². The topological polar surface area (TPSA) is 40.5 Å². The molecule has 0 aromatic heterocycles. The molecule has 0 radical (unpaired) electrons. The highest BCUT2D eigenvalue weighted by Crippen LogP contribution is 2.33. The monoisotopic (exact) mass is 265 g/mol. The first-order valence-corrected chi connectivity index (χ1v) is 6.23. The van der Waals surface area contributed by atoms with Crippen LogP contribution in [-0.4, -0.2) is 27.3 Å². The second-order valence-electron chi connectivity index (χ2n) is 3.75. The molecule has 1 heterocycles. The lowest BCUT2D eigenvalue weighted by Gasteiger charge is -2.04. The van der Waals surface area contributed by atoms with Gasteiger partial charge in [-0.2, -0.15) is 0 Å². The number of hydrogen-bond donors (Lipinski definition) is 1. The number of thiocarbonyl (C=S) groups is 1. The Morgan fingerprint density at radius 1 is 1.47 bits per heavy atom. The van der Waals surface area contributed by atoms with E-state index in [0.717, 1.165) is 5.56 Å². The van der Waals surface area contributed by atoms with Crippen molar-refractivity contribution in [2.24, 2.45) is 0 Å². The number of carbonyl (C=O) groups is 1. The lowest BCUT2D eigenvalue weighted by molar-refractivity contribution is -0.121. The van der Waals surface area contributed by atoms with Crippen LogP contribution in [0.15, 0.2) is 23.1 Å². The molecule has 3 nitrogen and oxygen atoms in total. The van der Waals surface area contributed by atoms with E-state index < -0.39 is 0 Å². The van der Waals surface area contributed by atoms with Crippen LogP contribution in [0.25, 0.3) is 6.08 Å². The van der Waals surface area contributed by atoms with E-state index in [4.69, 9.17) is 12.2 Å². The number of hydrogen-bond acceptors (Lipinski definition) is 4. The van der Waals surface area contributed by atoms with Crippen molar-refractivity contribution in [3.05, 3.63) is 34.2 Å². The Kier molecular flexibility index (Phi) is 3.22. The lowest BCUT2D eigenvalue weighted by atomic mass is 10.1. The number of phenols is 1. The Hall–Kier alpha value is -1.33. The summed E-state index contributed by atoms with van der Waals surface area (Å²) in [6.45, 7) is 1.82. The van der Waals surface area contributed by atoms with Crippen molar-refractivity contribution in [3.63, 3.8) is 0 Å². The molecule has 1 aliphatic heterocycles. The number of para-hydroxylation sites is 1. The van der Waals surface area contributed by atoms with Crippen molar-refractivity contribution in [1.82, 2.24) is 4.90 Å². The molecule has 0 bridgehead atoms. The number of aromatic hydroxyl groups is 1. The lowest BCUT2D eigenvalue weighted by Crippen LogP contribution is -2.22. The van der Waals surface area contributed by atoms with Gasteiger partial charge in [-0.15, -0.1) is 0 Å². The predicted molar refractivity (Wildman–Crippen MR) is 73.8 cm³/mol. The van der Waals surface area contributed by atoms with E-state index in [0.29, 0.717) is 14.8 Å². The van der Waals surface area contributed by atoms with Gasteiger partial charge in [0.15, 0.2) is 0 Å². The van der Waals surface area contributed by atoms with Crippen molar-refractivity contribution in [1.29, 1.82) is 0 Å². The van der Waals surface area contributed by atoms with Gasteiger partial charge in [0, 0.05) is 12.6 Å². The molecule has 1 saturated heterocycles. The number of amides is 1. The molecular weight excluding hydrogens is 254 g/mol. The number of nitrogens with zero attached hydrogens (tertiary/aromatic N) is 1. The van der Waals surface area contributed by atoms with Crippen LogP contribution in [0, 0.1) is 6.92 Å². The zero-order valence-electron chi connectivity index (χ0n) is 9.43. The summed E-state index contributed by atoms with van der Waals surface area (Å²) < 4.78 is 0.536. The van der Waals surface area contributed by atoms with Gasteiger partial charge in [-0.05, 0) is 18.6 Å². The third-order valence-corrected chi connectivity index (χ3v) is 4.03. The van der Waals surface area contributed by atoms with Crippen LogP contribution in [-0.2, 0) is 4.79 Å².